The fourth-order valence-electron chi connectivity index (χ4n) is 2.06. The lowest BCUT2D eigenvalue weighted by Crippen LogP contribution is -2.20. The normalized spacial score (nSPS) is 10.6. The number of carbonyl (C=O) groups excluding carboxylic acids is 2. The van der Waals surface area contributed by atoms with Crippen LogP contribution in [0.4, 0.5) is 5.69 Å². The molecule has 0 aliphatic carbocycles. The number of thiazole rings is 1. The van der Waals surface area contributed by atoms with Crippen molar-refractivity contribution >= 4 is 50.8 Å². The topological polar surface area (TPSA) is 94.3 Å². The molecule has 2 aromatic carbocycles. The molecule has 0 spiro atoms. The van der Waals surface area contributed by atoms with E-state index in [0.717, 1.165) is 14.6 Å². The number of fused-ring (bicyclic) bond motifs is 1. The van der Waals surface area contributed by atoms with Gasteiger partial charge in [0.1, 0.15) is 5.75 Å². The first-order valence-corrected chi connectivity index (χ1v) is 9.20. The van der Waals surface area contributed by atoms with Gasteiger partial charge in [-0.05, 0) is 24.3 Å². The van der Waals surface area contributed by atoms with Crippen LogP contribution in [-0.4, -0.2) is 29.2 Å². The van der Waals surface area contributed by atoms with Crippen molar-refractivity contribution in [2.75, 3.05) is 17.7 Å². The zero-order valence-corrected chi connectivity index (χ0v) is 14.7. The van der Waals surface area contributed by atoms with Crippen LogP contribution in [0.15, 0.2) is 52.9 Å². The molecule has 0 aliphatic rings. The number of aromatic nitrogens is 1. The summed E-state index contributed by atoms with van der Waals surface area (Å²) < 4.78 is 7.17. The van der Waals surface area contributed by atoms with Crippen LogP contribution in [0.2, 0.25) is 0 Å². The largest absolute Gasteiger partial charge is 0.484 e. The smallest absolute Gasteiger partial charge is 0.255 e. The van der Waals surface area contributed by atoms with Gasteiger partial charge in [0.25, 0.3) is 5.91 Å². The van der Waals surface area contributed by atoms with E-state index in [1.165, 1.54) is 11.8 Å². The Bertz CT molecular complexity index is 878. The predicted octanol–water partition coefficient (Wildman–Crippen LogP) is 2.89. The summed E-state index contributed by atoms with van der Waals surface area (Å²) in [6, 6.07) is 14.7. The highest BCUT2D eigenvalue weighted by atomic mass is 32.2. The first-order chi connectivity index (χ1) is 12.1. The predicted molar refractivity (Wildman–Crippen MR) is 100 cm³/mol. The Morgan fingerprint density at radius 2 is 2.04 bits per heavy atom. The molecule has 8 heteroatoms. The molecule has 3 aromatic rings. The molecular formula is C17H15N3O3S2. The number of carbonyl (C=O) groups is 2. The summed E-state index contributed by atoms with van der Waals surface area (Å²) >= 11 is 2.96. The van der Waals surface area contributed by atoms with Gasteiger partial charge in [-0.15, -0.1) is 11.3 Å². The Kier molecular flexibility index (Phi) is 5.52. The van der Waals surface area contributed by atoms with E-state index in [1.807, 2.05) is 24.3 Å². The second kappa shape index (κ2) is 8.00. The quantitative estimate of drug-likeness (QED) is 0.621. The van der Waals surface area contributed by atoms with Crippen LogP contribution in [0.5, 0.6) is 5.75 Å². The second-order valence-corrected chi connectivity index (χ2v) is 7.32. The van der Waals surface area contributed by atoms with E-state index in [0.29, 0.717) is 11.4 Å². The standard InChI is InChI=1S/C17H15N3O3S2/c18-15(21)9-23-12-5-3-4-11(8-12)19-16(22)10-24-17-20-13-6-1-2-7-14(13)25-17/h1-8H,9-10H2,(H2,18,21)(H,19,22). The minimum atomic E-state index is -0.554. The van der Waals surface area contributed by atoms with Crippen molar-refractivity contribution in [3.63, 3.8) is 0 Å². The van der Waals surface area contributed by atoms with Gasteiger partial charge in [0, 0.05) is 11.8 Å². The van der Waals surface area contributed by atoms with Gasteiger partial charge in [0.2, 0.25) is 5.91 Å². The van der Waals surface area contributed by atoms with Crippen LogP contribution in [-0.2, 0) is 9.59 Å². The van der Waals surface area contributed by atoms with Gasteiger partial charge in [0.05, 0.1) is 16.0 Å². The number of benzene rings is 2. The third-order valence-electron chi connectivity index (χ3n) is 3.10. The molecule has 3 N–H and O–H groups in total. The lowest BCUT2D eigenvalue weighted by atomic mass is 10.3. The Balaban J connectivity index is 1.55. The SMILES string of the molecule is NC(=O)COc1cccc(NC(=O)CSc2nc3ccccc3s2)c1. The molecule has 0 aliphatic heterocycles. The maximum atomic E-state index is 12.1. The number of hydrogen-bond donors (Lipinski definition) is 2. The number of hydrogen-bond acceptors (Lipinski definition) is 6. The minimum Gasteiger partial charge on any atom is -0.484 e. The van der Waals surface area contributed by atoms with Gasteiger partial charge in [0.15, 0.2) is 10.9 Å². The monoisotopic (exact) mass is 373 g/mol. The van der Waals surface area contributed by atoms with E-state index >= 15 is 0 Å². The molecule has 25 heavy (non-hydrogen) atoms. The van der Waals surface area contributed by atoms with Crippen LogP contribution in [0, 0.1) is 0 Å². The van der Waals surface area contributed by atoms with Crippen LogP contribution in [0.25, 0.3) is 10.2 Å². The molecule has 0 unspecified atom stereocenters. The highest BCUT2D eigenvalue weighted by molar-refractivity contribution is 8.01. The highest BCUT2D eigenvalue weighted by Gasteiger charge is 2.08. The van der Waals surface area contributed by atoms with Crippen LogP contribution >= 0.6 is 23.1 Å². The Morgan fingerprint density at radius 3 is 2.84 bits per heavy atom. The van der Waals surface area contributed by atoms with Crippen molar-refractivity contribution in [2.45, 2.75) is 4.34 Å². The number of rotatable bonds is 7. The molecule has 0 fully saturated rings. The molecule has 128 valence electrons. The maximum absolute atomic E-state index is 12.1. The van der Waals surface area contributed by atoms with E-state index in [1.54, 1.807) is 35.6 Å². The number of nitrogens with zero attached hydrogens (tertiary/aromatic N) is 1. The van der Waals surface area contributed by atoms with Gasteiger partial charge < -0.3 is 15.8 Å². The van der Waals surface area contributed by atoms with Gasteiger partial charge in [-0.1, -0.05) is 30.0 Å². The molecule has 6 nitrogen and oxygen atoms in total. The van der Waals surface area contributed by atoms with E-state index in [9.17, 15) is 9.59 Å². The van der Waals surface area contributed by atoms with Crippen LogP contribution in [0.1, 0.15) is 0 Å². The Morgan fingerprint density at radius 1 is 1.20 bits per heavy atom. The zero-order chi connectivity index (χ0) is 17.6. The number of nitrogens with two attached hydrogens (primary N) is 1. The number of ether oxygens (including phenoxy) is 1. The van der Waals surface area contributed by atoms with Gasteiger partial charge >= 0.3 is 0 Å². The van der Waals surface area contributed by atoms with Gasteiger partial charge in [-0.25, -0.2) is 4.98 Å². The average molecular weight is 373 g/mol. The molecule has 1 aromatic heterocycles. The molecule has 2 amide bonds. The van der Waals surface area contributed by atoms with Crippen molar-refractivity contribution < 1.29 is 14.3 Å². The minimum absolute atomic E-state index is 0.142. The summed E-state index contributed by atoms with van der Waals surface area (Å²) in [7, 11) is 0. The molecule has 0 bridgehead atoms. The van der Waals surface area contributed by atoms with Crippen molar-refractivity contribution in [2.24, 2.45) is 5.73 Å². The van der Waals surface area contributed by atoms with E-state index in [4.69, 9.17) is 10.5 Å². The number of anilines is 1. The fourth-order valence-corrected chi connectivity index (χ4v) is 3.92. The van der Waals surface area contributed by atoms with E-state index in [-0.39, 0.29) is 18.3 Å². The first kappa shape index (κ1) is 17.2. The fraction of sp³-hybridized carbons (Fsp3) is 0.118. The molecule has 3 rings (SSSR count). The summed E-state index contributed by atoms with van der Waals surface area (Å²) in [6.07, 6.45) is 0. The molecule has 0 radical (unpaired) electrons. The average Bonchev–Trinajstić information content (AvgIpc) is 3.01. The lowest BCUT2D eigenvalue weighted by Gasteiger charge is -2.07. The van der Waals surface area contributed by atoms with Crippen molar-refractivity contribution in [1.29, 1.82) is 0 Å². The van der Waals surface area contributed by atoms with Crippen molar-refractivity contribution in [3.05, 3.63) is 48.5 Å². The molecule has 0 saturated heterocycles. The van der Waals surface area contributed by atoms with Crippen molar-refractivity contribution in [3.8, 4) is 5.75 Å². The van der Waals surface area contributed by atoms with Crippen LogP contribution < -0.4 is 15.8 Å². The van der Waals surface area contributed by atoms with Gasteiger partial charge in [-0.3, -0.25) is 9.59 Å². The summed E-state index contributed by atoms with van der Waals surface area (Å²) in [5.74, 6) is 0.0278. The number of amides is 2. The molecular weight excluding hydrogens is 358 g/mol. The number of nitrogens with one attached hydrogen (secondary N) is 1. The number of primary amides is 1. The summed E-state index contributed by atoms with van der Waals surface area (Å²) in [4.78, 5) is 27.3. The molecule has 0 saturated carbocycles. The summed E-state index contributed by atoms with van der Waals surface area (Å²) in [6.45, 7) is -0.204. The highest BCUT2D eigenvalue weighted by Crippen LogP contribution is 2.29. The summed E-state index contributed by atoms with van der Waals surface area (Å²) in [5, 5.41) is 2.79. The second-order valence-electron chi connectivity index (χ2n) is 5.07. The van der Waals surface area contributed by atoms with Gasteiger partial charge in [-0.2, -0.15) is 0 Å². The summed E-state index contributed by atoms with van der Waals surface area (Å²) in [5.41, 5.74) is 6.57. The van der Waals surface area contributed by atoms with Crippen molar-refractivity contribution in [1.82, 2.24) is 4.98 Å². The Hall–Kier alpha value is -2.58. The van der Waals surface area contributed by atoms with Crippen LogP contribution in [0.3, 0.4) is 0 Å². The molecule has 1 heterocycles. The van der Waals surface area contributed by atoms with E-state index in [2.05, 4.69) is 10.3 Å². The zero-order valence-electron chi connectivity index (χ0n) is 13.1. The third kappa shape index (κ3) is 4.94. The Labute approximate surface area is 152 Å². The third-order valence-corrected chi connectivity index (χ3v) is 5.28. The first-order valence-electron chi connectivity index (χ1n) is 7.39. The number of para-hydroxylation sites is 1. The number of thioether (sulfide) groups is 1. The maximum Gasteiger partial charge on any atom is 0.255 e. The van der Waals surface area contributed by atoms with E-state index < -0.39 is 5.91 Å². The molecule has 0 atom stereocenters. The lowest BCUT2D eigenvalue weighted by molar-refractivity contribution is -0.120.